The highest BCUT2D eigenvalue weighted by Gasteiger charge is 2.39. The molecule has 1 aromatic rings. The van der Waals surface area contributed by atoms with Crippen LogP contribution in [0.5, 0.6) is 0 Å². The molecule has 0 spiro atoms. The predicted octanol–water partition coefficient (Wildman–Crippen LogP) is 2.49. The Morgan fingerprint density at radius 2 is 1.86 bits per heavy atom. The molecule has 9 heteroatoms. The van der Waals surface area contributed by atoms with Gasteiger partial charge >= 0.3 is 11.9 Å². The topological polar surface area (TPSA) is 108 Å². The van der Waals surface area contributed by atoms with Gasteiger partial charge in [0.15, 0.2) is 5.57 Å². The summed E-state index contributed by atoms with van der Waals surface area (Å²) < 4.78 is 10.4. The average Bonchev–Trinajstić information content (AvgIpc) is 2.35. The van der Waals surface area contributed by atoms with Crippen LogP contribution >= 0.6 is 15.9 Å². The number of benzene rings is 1. The molecule has 1 fully saturated rings. The maximum absolute atomic E-state index is 11.8. The van der Waals surface area contributed by atoms with Crippen LogP contribution in [0.15, 0.2) is 34.4 Å². The minimum Gasteiger partial charge on any atom is -0.419 e. The Labute approximate surface area is 133 Å². The first-order valence-electron chi connectivity index (χ1n) is 6.07. The molecule has 1 aliphatic heterocycles. The van der Waals surface area contributed by atoms with Crippen LogP contribution in [0.4, 0.5) is 11.4 Å². The average molecular weight is 371 g/mol. The van der Waals surface area contributed by atoms with Crippen LogP contribution in [0.2, 0.25) is 0 Å². The molecule has 0 amide bonds. The van der Waals surface area contributed by atoms with Crippen molar-refractivity contribution in [1.29, 1.82) is 0 Å². The molecule has 116 valence electrons. The van der Waals surface area contributed by atoms with Gasteiger partial charge in [-0.25, -0.2) is 9.59 Å². The zero-order valence-electron chi connectivity index (χ0n) is 11.6. The van der Waals surface area contributed by atoms with E-state index < -0.39 is 22.6 Å². The van der Waals surface area contributed by atoms with Gasteiger partial charge in [0.1, 0.15) is 5.69 Å². The van der Waals surface area contributed by atoms with Crippen LogP contribution in [0.1, 0.15) is 13.8 Å². The second-order valence-corrected chi connectivity index (χ2v) is 5.72. The lowest BCUT2D eigenvalue weighted by atomic mass is 10.2. The number of carbonyl (C=O) groups is 2. The fraction of sp³-hybridized carbons (Fsp3) is 0.231. The molecular weight excluding hydrogens is 360 g/mol. The fourth-order valence-corrected chi connectivity index (χ4v) is 2.07. The van der Waals surface area contributed by atoms with E-state index in [-0.39, 0.29) is 16.9 Å². The van der Waals surface area contributed by atoms with Gasteiger partial charge in [-0.05, 0) is 12.1 Å². The van der Waals surface area contributed by atoms with Crippen molar-refractivity contribution in [2.75, 3.05) is 5.32 Å². The van der Waals surface area contributed by atoms with E-state index >= 15 is 0 Å². The Balaban J connectivity index is 2.29. The van der Waals surface area contributed by atoms with E-state index in [4.69, 9.17) is 9.47 Å². The smallest absolute Gasteiger partial charge is 0.350 e. The number of rotatable bonds is 3. The number of hydrogen-bond acceptors (Lipinski definition) is 7. The van der Waals surface area contributed by atoms with Crippen molar-refractivity contribution < 1.29 is 24.0 Å². The third-order valence-electron chi connectivity index (χ3n) is 2.64. The summed E-state index contributed by atoms with van der Waals surface area (Å²) in [5, 5.41) is 13.5. The van der Waals surface area contributed by atoms with Gasteiger partial charge in [-0.2, -0.15) is 0 Å². The van der Waals surface area contributed by atoms with Crippen molar-refractivity contribution in [2.45, 2.75) is 19.6 Å². The Kier molecular flexibility index (Phi) is 4.18. The molecule has 2 rings (SSSR count). The third kappa shape index (κ3) is 3.42. The van der Waals surface area contributed by atoms with E-state index in [0.29, 0.717) is 4.47 Å². The number of halogens is 1. The summed E-state index contributed by atoms with van der Waals surface area (Å²) in [6.45, 7) is 2.85. The Bertz CT molecular complexity index is 676. The third-order valence-corrected chi connectivity index (χ3v) is 3.14. The molecule has 0 unspecified atom stereocenters. The SMILES string of the molecule is CC1(C)OC(=O)C(=CNc2cc(Br)ccc2[N+](=O)[O-])C(=O)O1. The molecule has 0 atom stereocenters. The van der Waals surface area contributed by atoms with E-state index in [2.05, 4.69) is 21.2 Å². The summed E-state index contributed by atoms with van der Waals surface area (Å²) in [7, 11) is 0. The molecule has 1 heterocycles. The molecule has 8 nitrogen and oxygen atoms in total. The minimum atomic E-state index is -1.34. The molecule has 0 bridgehead atoms. The summed E-state index contributed by atoms with van der Waals surface area (Å²) >= 11 is 3.18. The molecular formula is C13H11BrN2O6. The van der Waals surface area contributed by atoms with Crippen LogP contribution in [0.25, 0.3) is 0 Å². The molecule has 1 aromatic carbocycles. The zero-order valence-corrected chi connectivity index (χ0v) is 13.2. The molecule has 1 saturated heterocycles. The number of hydrogen-bond donors (Lipinski definition) is 1. The van der Waals surface area contributed by atoms with Gasteiger partial charge in [0.05, 0.1) is 4.92 Å². The van der Waals surface area contributed by atoms with Gasteiger partial charge in [0, 0.05) is 30.6 Å². The Hall–Kier alpha value is -2.42. The van der Waals surface area contributed by atoms with Crippen LogP contribution in [0, 0.1) is 10.1 Å². The lowest BCUT2D eigenvalue weighted by molar-refractivity contribution is -0.383. The lowest BCUT2D eigenvalue weighted by Crippen LogP contribution is -2.42. The fourth-order valence-electron chi connectivity index (χ4n) is 1.71. The van der Waals surface area contributed by atoms with Gasteiger partial charge < -0.3 is 14.8 Å². The van der Waals surface area contributed by atoms with Gasteiger partial charge in [-0.1, -0.05) is 15.9 Å². The Morgan fingerprint density at radius 1 is 1.27 bits per heavy atom. The second-order valence-electron chi connectivity index (χ2n) is 4.80. The van der Waals surface area contributed by atoms with E-state index in [0.717, 1.165) is 6.20 Å². The van der Waals surface area contributed by atoms with Crippen molar-refractivity contribution in [1.82, 2.24) is 0 Å². The van der Waals surface area contributed by atoms with E-state index in [1.807, 2.05) is 0 Å². The summed E-state index contributed by atoms with van der Waals surface area (Å²) in [6, 6.07) is 4.23. The van der Waals surface area contributed by atoms with Crippen LogP contribution in [-0.4, -0.2) is 22.6 Å². The number of anilines is 1. The highest BCUT2D eigenvalue weighted by atomic mass is 79.9. The number of carbonyl (C=O) groups excluding carboxylic acids is 2. The van der Waals surface area contributed by atoms with Crippen molar-refractivity contribution in [3.8, 4) is 0 Å². The summed E-state index contributed by atoms with van der Waals surface area (Å²) in [5.41, 5.74) is -0.483. The normalized spacial score (nSPS) is 16.6. The van der Waals surface area contributed by atoms with Gasteiger partial charge in [0.25, 0.3) is 11.5 Å². The first kappa shape index (κ1) is 16.0. The Morgan fingerprint density at radius 3 is 2.41 bits per heavy atom. The van der Waals surface area contributed by atoms with Gasteiger partial charge in [-0.3, -0.25) is 10.1 Å². The molecule has 0 saturated carbocycles. The summed E-state index contributed by atoms with van der Waals surface area (Å²) in [6.07, 6.45) is 1.02. The number of esters is 2. The molecule has 0 radical (unpaired) electrons. The maximum atomic E-state index is 11.8. The first-order chi connectivity index (χ1) is 10.2. The number of cyclic esters (lactones) is 2. The predicted molar refractivity (Wildman–Crippen MR) is 78.8 cm³/mol. The quantitative estimate of drug-likeness (QED) is 0.286. The zero-order chi connectivity index (χ0) is 16.5. The van der Waals surface area contributed by atoms with Crippen molar-refractivity contribution in [3.05, 3.63) is 44.6 Å². The van der Waals surface area contributed by atoms with Gasteiger partial charge in [-0.15, -0.1) is 0 Å². The van der Waals surface area contributed by atoms with Crippen molar-refractivity contribution in [2.24, 2.45) is 0 Å². The van der Waals surface area contributed by atoms with Crippen LogP contribution < -0.4 is 5.32 Å². The summed E-state index contributed by atoms with van der Waals surface area (Å²) in [4.78, 5) is 33.9. The second kappa shape index (κ2) is 5.76. The number of nitro groups is 1. The van der Waals surface area contributed by atoms with Crippen molar-refractivity contribution in [3.63, 3.8) is 0 Å². The number of ether oxygens (including phenoxy) is 2. The van der Waals surface area contributed by atoms with E-state index in [1.165, 1.54) is 32.0 Å². The van der Waals surface area contributed by atoms with E-state index in [1.54, 1.807) is 0 Å². The maximum Gasteiger partial charge on any atom is 0.350 e. The standard InChI is InChI=1S/C13H11BrN2O6/c1-13(2)21-11(17)8(12(18)22-13)6-15-9-5-7(14)3-4-10(9)16(19)20/h3-6,15H,1-2H3. The first-order valence-corrected chi connectivity index (χ1v) is 6.86. The van der Waals surface area contributed by atoms with Crippen molar-refractivity contribution >= 4 is 39.2 Å². The minimum absolute atomic E-state index is 0.109. The molecule has 0 aromatic heterocycles. The monoisotopic (exact) mass is 370 g/mol. The van der Waals surface area contributed by atoms with Crippen LogP contribution in [-0.2, 0) is 19.1 Å². The highest BCUT2D eigenvalue weighted by molar-refractivity contribution is 9.10. The number of nitro benzene ring substituents is 1. The lowest BCUT2D eigenvalue weighted by Gasteiger charge is -2.29. The largest absolute Gasteiger partial charge is 0.419 e. The molecule has 0 aliphatic carbocycles. The van der Waals surface area contributed by atoms with Crippen LogP contribution in [0.3, 0.4) is 0 Å². The van der Waals surface area contributed by atoms with Gasteiger partial charge in [0.2, 0.25) is 0 Å². The molecule has 1 N–H and O–H groups in total. The van der Waals surface area contributed by atoms with E-state index in [9.17, 15) is 19.7 Å². The molecule has 22 heavy (non-hydrogen) atoms. The highest BCUT2D eigenvalue weighted by Crippen LogP contribution is 2.29. The number of nitrogens with one attached hydrogen (secondary N) is 1. The summed E-state index contributed by atoms with van der Waals surface area (Å²) in [5.74, 6) is -3.08. The number of nitrogens with zero attached hydrogens (tertiary/aromatic N) is 1. The molecule has 1 aliphatic rings.